The molecule has 2 N–H and O–H groups in total. The van der Waals surface area contributed by atoms with Crippen LogP contribution in [0.1, 0.15) is 11.4 Å². The summed E-state index contributed by atoms with van der Waals surface area (Å²) >= 11 is 0. The fourth-order valence-corrected chi connectivity index (χ4v) is 2.32. The molecule has 0 aliphatic carbocycles. The number of morpholine rings is 1. The van der Waals surface area contributed by atoms with E-state index in [4.69, 9.17) is 10.5 Å². The van der Waals surface area contributed by atoms with E-state index in [0.29, 0.717) is 25.0 Å². The van der Waals surface area contributed by atoms with Gasteiger partial charge in [-0.3, -0.25) is 0 Å². The van der Waals surface area contributed by atoms with Gasteiger partial charge in [0.15, 0.2) is 0 Å². The maximum Gasteiger partial charge on any atom is 0.254 e. The van der Waals surface area contributed by atoms with Crippen molar-refractivity contribution in [2.75, 3.05) is 36.9 Å². The molecule has 0 bridgehead atoms. The van der Waals surface area contributed by atoms with Crippen molar-refractivity contribution in [2.45, 2.75) is 13.8 Å². The van der Waals surface area contributed by atoms with Gasteiger partial charge in [0, 0.05) is 24.8 Å². The number of ether oxygens (including phenoxy) is 1. The lowest BCUT2D eigenvalue weighted by atomic mass is 10.4. The summed E-state index contributed by atoms with van der Waals surface area (Å²) in [7, 11) is 0. The van der Waals surface area contributed by atoms with Gasteiger partial charge in [0.2, 0.25) is 0 Å². The average molecular weight is 274 g/mol. The molecule has 7 heteroatoms. The van der Waals surface area contributed by atoms with E-state index in [1.165, 1.54) is 0 Å². The largest absolute Gasteiger partial charge is 0.383 e. The number of aryl methyl sites for hydroxylation is 2. The minimum absolute atomic E-state index is 0.448. The van der Waals surface area contributed by atoms with Crippen LogP contribution in [0.5, 0.6) is 0 Å². The minimum Gasteiger partial charge on any atom is -0.383 e. The van der Waals surface area contributed by atoms with Crippen LogP contribution in [0.15, 0.2) is 12.1 Å². The quantitative estimate of drug-likeness (QED) is 0.868. The van der Waals surface area contributed by atoms with Crippen LogP contribution in [0.25, 0.3) is 5.95 Å². The highest BCUT2D eigenvalue weighted by Gasteiger charge is 2.16. The fourth-order valence-electron chi connectivity index (χ4n) is 2.32. The number of hydrogen-bond donors (Lipinski definition) is 1. The highest BCUT2D eigenvalue weighted by Crippen LogP contribution is 2.18. The highest BCUT2D eigenvalue weighted by atomic mass is 16.5. The average Bonchev–Trinajstić information content (AvgIpc) is 2.78. The Morgan fingerprint density at radius 2 is 1.90 bits per heavy atom. The van der Waals surface area contributed by atoms with Crippen LogP contribution in [0.4, 0.5) is 11.6 Å². The lowest BCUT2D eigenvalue weighted by Crippen LogP contribution is -2.37. The van der Waals surface area contributed by atoms with E-state index in [2.05, 4.69) is 20.0 Å². The third kappa shape index (κ3) is 2.44. The zero-order valence-electron chi connectivity index (χ0n) is 11.7. The zero-order chi connectivity index (χ0) is 14.1. The summed E-state index contributed by atoms with van der Waals surface area (Å²) in [6.07, 6.45) is 0. The molecule has 0 aromatic carbocycles. The summed E-state index contributed by atoms with van der Waals surface area (Å²) < 4.78 is 7.07. The van der Waals surface area contributed by atoms with Crippen molar-refractivity contribution >= 4 is 11.6 Å². The molecule has 0 spiro atoms. The Morgan fingerprint density at radius 3 is 2.55 bits per heavy atom. The van der Waals surface area contributed by atoms with Gasteiger partial charge in [-0.1, -0.05) is 0 Å². The molecule has 2 aromatic rings. The summed E-state index contributed by atoms with van der Waals surface area (Å²) in [4.78, 5) is 11.0. The van der Waals surface area contributed by atoms with Crippen LogP contribution < -0.4 is 10.6 Å². The molecule has 3 rings (SSSR count). The number of aromatic nitrogens is 4. The van der Waals surface area contributed by atoms with Crippen molar-refractivity contribution in [3.8, 4) is 5.95 Å². The first-order valence-electron chi connectivity index (χ1n) is 6.64. The second-order valence-electron chi connectivity index (χ2n) is 4.89. The van der Waals surface area contributed by atoms with Crippen LogP contribution in [-0.2, 0) is 4.74 Å². The minimum atomic E-state index is 0.448. The Bertz CT molecular complexity index is 617. The first-order chi connectivity index (χ1) is 9.63. The second-order valence-corrected chi connectivity index (χ2v) is 4.89. The Morgan fingerprint density at radius 1 is 1.15 bits per heavy atom. The van der Waals surface area contributed by atoms with E-state index in [-0.39, 0.29) is 0 Å². The maximum absolute atomic E-state index is 5.91. The number of nitrogens with two attached hydrogens (primary N) is 1. The van der Waals surface area contributed by atoms with Gasteiger partial charge in [-0.2, -0.15) is 15.1 Å². The van der Waals surface area contributed by atoms with Crippen molar-refractivity contribution in [1.82, 2.24) is 19.7 Å². The molecule has 2 aromatic heterocycles. The Kier molecular flexibility index (Phi) is 3.27. The molecule has 0 amide bonds. The van der Waals surface area contributed by atoms with E-state index in [0.717, 1.165) is 30.3 Å². The van der Waals surface area contributed by atoms with E-state index in [1.54, 1.807) is 10.7 Å². The molecule has 106 valence electrons. The molecule has 3 heterocycles. The van der Waals surface area contributed by atoms with Crippen LogP contribution in [-0.4, -0.2) is 46.1 Å². The zero-order valence-corrected chi connectivity index (χ0v) is 11.7. The summed E-state index contributed by atoms with van der Waals surface area (Å²) in [6, 6.07) is 3.78. The van der Waals surface area contributed by atoms with Crippen molar-refractivity contribution in [3.05, 3.63) is 23.5 Å². The van der Waals surface area contributed by atoms with Gasteiger partial charge >= 0.3 is 0 Å². The Balaban J connectivity index is 1.99. The van der Waals surface area contributed by atoms with Crippen LogP contribution >= 0.6 is 0 Å². The van der Waals surface area contributed by atoms with E-state index in [9.17, 15) is 0 Å². The SMILES string of the molecule is Cc1cc(C)n(-c2nc(N)cc(N3CCOCC3)n2)n1. The summed E-state index contributed by atoms with van der Waals surface area (Å²) in [5.74, 6) is 1.78. The number of rotatable bonds is 2. The molecule has 20 heavy (non-hydrogen) atoms. The molecule has 0 saturated carbocycles. The van der Waals surface area contributed by atoms with E-state index >= 15 is 0 Å². The standard InChI is InChI=1S/C13H18N6O/c1-9-7-10(2)19(17-9)13-15-11(14)8-12(16-13)18-3-5-20-6-4-18/h7-8H,3-6H2,1-2H3,(H2,14,15,16). The van der Waals surface area contributed by atoms with Crippen molar-refractivity contribution in [2.24, 2.45) is 0 Å². The predicted molar refractivity (Wildman–Crippen MR) is 76.1 cm³/mol. The molecule has 1 saturated heterocycles. The van der Waals surface area contributed by atoms with Crippen LogP contribution in [0.3, 0.4) is 0 Å². The molecule has 7 nitrogen and oxygen atoms in total. The fraction of sp³-hybridized carbons (Fsp3) is 0.462. The molecule has 0 atom stereocenters. The van der Waals surface area contributed by atoms with Crippen LogP contribution in [0, 0.1) is 13.8 Å². The van der Waals surface area contributed by atoms with Gasteiger partial charge in [-0.05, 0) is 19.9 Å². The first-order valence-corrected chi connectivity index (χ1v) is 6.64. The molecular weight excluding hydrogens is 256 g/mol. The lowest BCUT2D eigenvalue weighted by molar-refractivity contribution is 0.122. The topological polar surface area (TPSA) is 82.1 Å². The van der Waals surface area contributed by atoms with Crippen molar-refractivity contribution < 1.29 is 4.74 Å². The molecule has 1 fully saturated rings. The molecule has 0 radical (unpaired) electrons. The number of anilines is 2. The van der Waals surface area contributed by atoms with Gasteiger partial charge in [0.25, 0.3) is 5.95 Å². The van der Waals surface area contributed by atoms with Gasteiger partial charge in [0.05, 0.1) is 18.9 Å². The Labute approximate surface area is 117 Å². The molecule has 1 aliphatic heterocycles. The number of nitrogen functional groups attached to an aromatic ring is 1. The Hall–Kier alpha value is -2.15. The van der Waals surface area contributed by atoms with Crippen LogP contribution in [0.2, 0.25) is 0 Å². The molecular formula is C13H18N6O. The normalized spacial score (nSPS) is 15.6. The lowest BCUT2D eigenvalue weighted by Gasteiger charge is -2.28. The monoisotopic (exact) mass is 274 g/mol. The summed E-state index contributed by atoms with van der Waals surface area (Å²) in [5.41, 5.74) is 7.83. The van der Waals surface area contributed by atoms with Crippen molar-refractivity contribution in [1.29, 1.82) is 0 Å². The third-order valence-corrected chi connectivity index (χ3v) is 3.25. The van der Waals surface area contributed by atoms with E-state index in [1.807, 2.05) is 19.9 Å². The molecule has 1 aliphatic rings. The maximum atomic E-state index is 5.91. The van der Waals surface area contributed by atoms with Gasteiger partial charge in [-0.25, -0.2) is 4.68 Å². The van der Waals surface area contributed by atoms with Gasteiger partial charge in [0.1, 0.15) is 11.6 Å². The summed E-state index contributed by atoms with van der Waals surface area (Å²) in [6.45, 7) is 6.96. The summed E-state index contributed by atoms with van der Waals surface area (Å²) in [5, 5.41) is 4.40. The third-order valence-electron chi connectivity index (χ3n) is 3.25. The van der Waals surface area contributed by atoms with Crippen molar-refractivity contribution in [3.63, 3.8) is 0 Å². The second kappa shape index (κ2) is 5.09. The van der Waals surface area contributed by atoms with E-state index < -0.39 is 0 Å². The smallest absolute Gasteiger partial charge is 0.254 e. The predicted octanol–water partition coefficient (Wildman–Crippen LogP) is 0.698. The molecule has 0 unspecified atom stereocenters. The van der Waals surface area contributed by atoms with Gasteiger partial charge in [-0.15, -0.1) is 0 Å². The number of nitrogens with zero attached hydrogens (tertiary/aromatic N) is 5. The highest BCUT2D eigenvalue weighted by molar-refractivity contribution is 5.49. The van der Waals surface area contributed by atoms with Gasteiger partial charge < -0.3 is 15.4 Å². The first kappa shape index (κ1) is 12.9. The number of hydrogen-bond acceptors (Lipinski definition) is 6.